The van der Waals surface area contributed by atoms with Crippen molar-refractivity contribution in [1.82, 2.24) is 29.7 Å². The van der Waals surface area contributed by atoms with E-state index in [0.29, 0.717) is 16.7 Å². The van der Waals surface area contributed by atoms with Gasteiger partial charge in [-0.2, -0.15) is 5.10 Å². The zero-order valence-electron chi connectivity index (χ0n) is 13.9. The predicted molar refractivity (Wildman–Crippen MR) is 94.5 cm³/mol. The highest BCUT2D eigenvalue weighted by molar-refractivity contribution is 5.86. The second kappa shape index (κ2) is 5.35. The Bertz CT molecular complexity index is 1300. The molecule has 2 aromatic carbocycles. The summed E-state index contributed by atoms with van der Waals surface area (Å²) >= 11 is 0. The Hall–Kier alpha value is -3.81. The maximum atomic E-state index is 12.6. The quantitative estimate of drug-likeness (QED) is 0.490. The van der Waals surface area contributed by atoms with E-state index in [1.54, 1.807) is 15.5 Å². The van der Waals surface area contributed by atoms with Crippen molar-refractivity contribution in [3.05, 3.63) is 76.8 Å². The Labute approximate surface area is 146 Å². The first kappa shape index (κ1) is 14.5. The second-order valence-corrected chi connectivity index (χ2v) is 6.06. The summed E-state index contributed by atoms with van der Waals surface area (Å²) in [5, 5.41) is 15.8. The Morgan fingerprint density at radius 3 is 2.58 bits per heavy atom. The molecule has 0 aliphatic heterocycles. The van der Waals surface area contributed by atoms with Crippen LogP contribution >= 0.6 is 0 Å². The molecule has 0 saturated heterocycles. The average molecular weight is 344 g/mol. The van der Waals surface area contributed by atoms with Gasteiger partial charge in [-0.25, -0.2) is 4.68 Å². The molecular weight excluding hydrogens is 330 g/mol. The predicted octanol–water partition coefficient (Wildman–Crippen LogP) is 1.34. The first-order valence-corrected chi connectivity index (χ1v) is 8.12. The third-order valence-corrected chi connectivity index (χ3v) is 4.27. The second-order valence-electron chi connectivity index (χ2n) is 6.06. The number of aromatic nitrogens is 7. The zero-order chi connectivity index (χ0) is 17.7. The molecule has 1 N–H and O–H groups in total. The number of fused-ring (bicyclic) bond motifs is 3. The molecule has 0 aliphatic carbocycles. The third kappa shape index (κ3) is 2.12. The first-order valence-electron chi connectivity index (χ1n) is 8.12. The van der Waals surface area contributed by atoms with Gasteiger partial charge in [0.1, 0.15) is 0 Å². The molecule has 5 aromatic rings. The molecule has 8 heteroatoms. The molecule has 0 spiro atoms. The summed E-state index contributed by atoms with van der Waals surface area (Å²) in [6.45, 7) is 2.01. The van der Waals surface area contributed by atoms with E-state index in [2.05, 4.69) is 20.5 Å². The fraction of sp³-hybridized carbons (Fsp3) is 0.0556. The Balaban J connectivity index is 1.77. The van der Waals surface area contributed by atoms with Crippen LogP contribution in [0.3, 0.4) is 0 Å². The molecule has 126 valence electrons. The van der Waals surface area contributed by atoms with E-state index in [-0.39, 0.29) is 5.56 Å². The van der Waals surface area contributed by atoms with Gasteiger partial charge in [-0.3, -0.25) is 4.79 Å². The van der Waals surface area contributed by atoms with E-state index in [1.807, 2.05) is 61.5 Å². The highest BCUT2D eigenvalue weighted by atomic mass is 16.1. The van der Waals surface area contributed by atoms with E-state index in [9.17, 15) is 4.79 Å². The Morgan fingerprint density at radius 2 is 1.81 bits per heavy atom. The highest BCUT2D eigenvalue weighted by Crippen LogP contribution is 2.16. The highest BCUT2D eigenvalue weighted by Gasteiger charge is 2.22. The van der Waals surface area contributed by atoms with Crippen LogP contribution in [0.4, 0.5) is 0 Å². The van der Waals surface area contributed by atoms with Gasteiger partial charge in [-0.05, 0) is 36.3 Å². The molecule has 3 heterocycles. The van der Waals surface area contributed by atoms with Gasteiger partial charge in [-0.15, -0.1) is 5.10 Å². The van der Waals surface area contributed by atoms with Crippen LogP contribution in [0.25, 0.3) is 28.1 Å². The summed E-state index contributed by atoms with van der Waals surface area (Å²) in [5.74, 6) is 0. The molecule has 5 rings (SSSR count). The van der Waals surface area contributed by atoms with E-state index in [0.717, 1.165) is 16.9 Å². The third-order valence-electron chi connectivity index (χ3n) is 4.27. The van der Waals surface area contributed by atoms with Crippen molar-refractivity contribution >= 4 is 16.7 Å². The van der Waals surface area contributed by atoms with Gasteiger partial charge < -0.3 is 0 Å². The molecule has 0 fully saturated rings. The summed E-state index contributed by atoms with van der Waals surface area (Å²) in [7, 11) is 0. The van der Waals surface area contributed by atoms with Crippen LogP contribution in [-0.2, 0) is 0 Å². The molecule has 0 bridgehead atoms. The molecule has 0 saturated carbocycles. The van der Waals surface area contributed by atoms with Gasteiger partial charge in [0.2, 0.25) is 0 Å². The van der Waals surface area contributed by atoms with Crippen LogP contribution in [0, 0.1) is 6.92 Å². The average Bonchev–Trinajstić information content (AvgIpc) is 3.28. The van der Waals surface area contributed by atoms with Crippen LogP contribution in [-0.4, -0.2) is 29.7 Å². The number of nitrogens with one attached hydrogen (secondary N) is 1. The number of hydrogen-bond donors (Lipinski definition) is 1. The van der Waals surface area contributed by atoms with Crippen molar-refractivity contribution < 1.29 is 4.68 Å². The van der Waals surface area contributed by atoms with Gasteiger partial charge in [0.15, 0.2) is 16.7 Å². The number of hydrogen-bond acceptors (Lipinski definition) is 4. The van der Waals surface area contributed by atoms with Crippen LogP contribution in [0.15, 0.2) is 65.7 Å². The summed E-state index contributed by atoms with van der Waals surface area (Å²) in [6.07, 6.45) is 1.70. The first-order chi connectivity index (χ1) is 12.7. The molecule has 8 nitrogen and oxygen atoms in total. The normalized spacial score (nSPS) is 11.4. The fourth-order valence-electron chi connectivity index (χ4n) is 2.95. The monoisotopic (exact) mass is 344 g/mol. The van der Waals surface area contributed by atoms with Crippen LogP contribution < -0.4 is 10.2 Å². The minimum Gasteiger partial charge on any atom is -0.264 e. The van der Waals surface area contributed by atoms with Crippen LogP contribution in [0.2, 0.25) is 0 Å². The van der Waals surface area contributed by atoms with Gasteiger partial charge >= 0.3 is 11.2 Å². The molecule has 26 heavy (non-hydrogen) atoms. The molecule has 0 amide bonds. The lowest BCUT2D eigenvalue weighted by atomic mass is 10.2. The smallest absolute Gasteiger partial charge is 0.264 e. The Kier molecular flexibility index (Phi) is 2.99. The van der Waals surface area contributed by atoms with E-state index in [4.69, 9.17) is 0 Å². The number of para-hydroxylation sites is 1. The molecule has 0 unspecified atom stereocenters. The summed E-state index contributed by atoms with van der Waals surface area (Å²) in [5.41, 5.74) is 3.85. The SMILES string of the molecule is Cc1ccc(-n2nnc3c2c(=O)[nH]n2c[n+](-c4ccccc4)nc32)cc1. The van der Waals surface area contributed by atoms with Gasteiger partial charge in [0.05, 0.1) is 5.69 Å². The molecule has 0 aliphatic rings. The number of nitrogens with zero attached hydrogens (tertiary/aromatic N) is 6. The number of benzene rings is 2. The van der Waals surface area contributed by atoms with Crippen LogP contribution in [0.5, 0.6) is 0 Å². The maximum Gasteiger partial charge on any atom is 0.314 e. The molecule has 0 atom stereocenters. The van der Waals surface area contributed by atoms with Gasteiger partial charge in [0, 0.05) is 0 Å². The Morgan fingerprint density at radius 1 is 1.04 bits per heavy atom. The van der Waals surface area contributed by atoms with E-state index >= 15 is 0 Å². The minimum absolute atomic E-state index is 0.282. The summed E-state index contributed by atoms with van der Waals surface area (Å²) < 4.78 is 4.79. The van der Waals surface area contributed by atoms with Crippen molar-refractivity contribution in [2.24, 2.45) is 0 Å². The summed E-state index contributed by atoms with van der Waals surface area (Å²) in [6, 6.07) is 17.4. The standard InChI is InChI=1S/C18H13N7O/c1-12-7-9-14(10-8-12)25-16-15(19-22-25)17-20-23(11-24(17)21-18(16)26)13-5-3-2-4-6-13/h2-11H,1H3/p+1. The summed E-state index contributed by atoms with van der Waals surface area (Å²) in [4.78, 5) is 12.6. The van der Waals surface area contributed by atoms with Crippen molar-refractivity contribution in [3.63, 3.8) is 0 Å². The van der Waals surface area contributed by atoms with E-state index in [1.165, 1.54) is 4.68 Å². The molecule has 0 radical (unpaired) electrons. The lowest BCUT2D eigenvalue weighted by molar-refractivity contribution is -0.655. The number of aryl methyl sites for hydroxylation is 1. The molecular formula is C18H14N7O+. The van der Waals surface area contributed by atoms with Crippen molar-refractivity contribution in [2.75, 3.05) is 0 Å². The van der Waals surface area contributed by atoms with Crippen molar-refractivity contribution in [3.8, 4) is 11.4 Å². The molecule has 3 aromatic heterocycles. The van der Waals surface area contributed by atoms with Gasteiger partial charge in [-0.1, -0.05) is 50.3 Å². The maximum absolute atomic E-state index is 12.6. The lowest BCUT2D eigenvalue weighted by Gasteiger charge is -2.01. The largest absolute Gasteiger partial charge is 0.314 e. The van der Waals surface area contributed by atoms with Gasteiger partial charge in [0.25, 0.3) is 6.33 Å². The minimum atomic E-state index is -0.282. The lowest BCUT2D eigenvalue weighted by Crippen LogP contribution is -2.31. The number of aromatic amines is 1. The number of rotatable bonds is 2. The fourth-order valence-corrected chi connectivity index (χ4v) is 2.95. The van der Waals surface area contributed by atoms with E-state index < -0.39 is 0 Å². The van der Waals surface area contributed by atoms with Crippen molar-refractivity contribution in [1.29, 1.82) is 0 Å². The van der Waals surface area contributed by atoms with Crippen LogP contribution in [0.1, 0.15) is 5.56 Å². The zero-order valence-corrected chi connectivity index (χ0v) is 13.9. The topological polar surface area (TPSA) is 84.8 Å². The van der Waals surface area contributed by atoms with Crippen molar-refractivity contribution in [2.45, 2.75) is 6.92 Å². The number of H-pyrrole nitrogens is 1.